The normalized spacial score (nSPS) is 18.5. The molecule has 2 amide bonds. The molecule has 0 aromatic carbocycles. The Bertz CT molecular complexity index is 326. The molecular formula is C13H25N3O2. The molecule has 0 spiro atoms. The van der Waals surface area contributed by atoms with Crippen LogP contribution in [-0.2, 0) is 9.59 Å². The number of hydrogen-bond donors (Lipinski definition) is 2. The number of primary amides is 1. The smallest absolute Gasteiger partial charge is 0.237 e. The largest absolute Gasteiger partial charge is 0.368 e. The number of hydrogen-bond acceptors (Lipinski definition) is 3. The highest BCUT2D eigenvalue weighted by atomic mass is 16.2. The van der Waals surface area contributed by atoms with E-state index in [9.17, 15) is 9.59 Å². The van der Waals surface area contributed by atoms with Crippen LogP contribution in [0, 0.1) is 5.92 Å². The minimum Gasteiger partial charge on any atom is -0.368 e. The SMILES string of the molecule is CC(C)C[C@](C)(NCC(=O)N(C)C1CC1)C(N)=O. The second-order valence-electron chi connectivity index (χ2n) is 5.88. The van der Waals surface area contributed by atoms with Gasteiger partial charge in [-0.2, -0.15) is 0 Å². The van der Waals surface area contributed by atoms with Gasteiger partial charge in [0, 0.05) is 13.1 Å². The Morgan fingerprint density at radius 1 is 1.44 bits per heavy atom. The molecule has 1 aliphatic rings. The molecule has 0 saturated heterocycles. The van der Waals surface area contributed by atoms with E-state index in [0.717, 1.165) is 12.8 Å². The summed E-state index contributed by atoms with van der Waals surface area (Å²) in [5.74, 6) is -0.0435. The van der Waals surface area contributed by atoms with E-state index in [4.69, 9.17) is 5.73 Å². The summed E-state index contributed by atoms with van der Waals surface area (Å²) in [4.78, 5) is 25.2. The second-order valence-corrected chi connectivity index (χ2v) is 5.88. The van der Waals surface area contributed by atoms with Gasteiger partial charge >= 0.3 is 0 Å². The quantitative estimate of drug-likeness (QED) is 0.695. The zero-order chi connectivity index (χ0) is 13.9. The van der Waals surface area contributed by atoms with Crippen LogP contribution < -0.4 is 11.1 Å². The second kappa shape index (κ2) is 5.69. The van der Waals surface area contributed by atoms with Gasteiger partial charge in [-0.3, -0.25) is 14.9 Å². The molecule has 0 radical (unpaired) electrons. The van der Waals surface area contributed by atoms with E-state index in [2.05, 4.69) is 5.32 Å². The van der Waals surface area contributed by atoms with Crippen molar-refractivity contribution in [3.63, 3.8) is 0 Å². The first-order valence-electron chi connectivity index (χ1n) is 6.57. The van der Waals surface area contributed by atoms with Gasteiger partial charge in [0.2, 0.25) is 11.8 Å². The van der Waals surface area contributed by atoms with Gasteiger partial charge < -0.3 is 10.6 Å². The predicted octanol–water partition coefficient (Wildman–Crippen LogP) is 0.487. The maximum Gasteiger partial charge on any atom is 0.237 e. The van der Waals surface area contributed by atoms with Crippen molar-refractivity contribution in [2.75, 3.05) is 13.6 Å². The number of nitrogens with one attached hydrogen (secondary N) is 1. The van der Waals surface area contributed by atoms with Gasteiger partial charge in [0.25, 0.3) is 0 Å². The minimum atomic E-state index is -0.811. The van der Waals surface area contributed by atoms with Crippen LogP contribution >= 0.6 is 0 Å². The van der Waals surface area contributed by atoms with Gasteiger partial charge in [-0.1, -0.05) is 13.8 Å². The third kappa shape index (κ3) is 3.98. The molecule has 1 fully saturated rings. The van der Waals surface area contributed by atoms with Crippen LogP contribution in [-0.4, -0.2) is 41.9 Å². The van der Waals surface area contributed by atoms with Crippen molar-refractivity contribution in [1.29, 1.82) is 0 Å². The van der Waals surface area contributed by atoms with Gasteiger partial charge in [-0.25, -0.2) is 0 Å². The molecule has 1 atom stereocenters. The van der Waals surface area contributed by atoms with E-state index >= 15 is 0 Å². The Kier molecular flexibility index (Phi) is 4.73. The molecule has 5 heteroatoms. The van der Waals surface area contributed by atoms with Crippen LogP contribution in [0.1, 0.15) is 40.0 Å². The highest BCUT2D eigenvalue weighted by Gasteiger charge is 2.34. The van der Waals surface area contributed by atoms with Crippen molar-refractivity contribution in [1.82, 2.24) is 10.2 Å². The van der Waals surface area contributed by atoms with E-state index in [1.54, 1.807) is 11.8 Å². The molecule has 3 N–H and O–H groups in total. The van der Waals surface area contributed by atoms with Gasteiger partial charge in [0.15, 0.2) is 0 Å². The summed E-state index contributed by atoms with van der Waals surface area (Å²) >= 11 is 0. The average molecular weight is 255 g/mol. The molecule has 5 nitrogen and oxygen atoms in total. The molecule has 1 saturated carbocycles. The minimum absolute atomic E-state index is 0.0220. The molecule has 0 unspecified atom stereocenters. The Hall–Kier alpha value is -1.10. The van der Waals surface area contributed by atoms with Crippen molar-refractivity contribution < 1.29 is 9.59 Å². The molecule has 0 aromatic rings. The number of nitrogens with zero attached hydrogens (tertiary/aromatic N) is 1. The number of carbonyl (C=O) groups excluding carboxylic acids is 2. The molecule has 0 heterocycles. The first kappa shape index (κ1) is 15.0. The first-order chi connectivity index (χ1) is 8.26. The average Bonchev–Trinajstić information content (AvgIpc) is 3.07. The van der Waals surface area contributed by atoms with Crippen LogP contribution in [0.25, 0.3) is 0 Å². The number of carbonyl (C=O) groups is 2. The van der Waals surface area contributed by atoms with Crippen LogP contribution in [0.5, 0.6) is 0 Å². The van der Waals surface area contributed by atoms with Crippen molar-refractivity contribution in [3.8, 4) is 0 Å². The summed E-state index contributed by atoms with van der Waals surface area (Å²) in [5.41, 5.74) is 4.62. The number of likely N-dealkylation sites (N-methyl/N-ethyl adjacent to an activating group) is 1. The van der Waals surface area contributed by atoms with Crippen molar-refractivity contribution >= 4 is 11.8 Å². The summed E-state index contributed by atoms with van der Waals surface area (Å²) in [5, 5.41) is 3.02. The van der Waals surface area contributed by atoms with Crippen LogP contribution in [0.4, 0.5) is 0 Å². The highest BCUT2D eigenvalue weighted by Crippen LogP contribution is 2.25. The monoisotopic (exact) mass is 255 g/mol. The van der Waals surface area contributed by atoms with Gasteiger partial charge in [-0.05, 0) is 32.1 Å². The van der Waals surface area contributed by atoms with E-state index in [0.29, 0.717) is 18.4 Å². The zero-order valence-electron chi connectivity index (χ0n) is 11.8. The Morgan fingerprint density at radius 2 is 2.00 bits per heavy atom. The highest BCUT2D eigenvalue weighted by molar-refractivity contribution is 5.85. The van der Waals surface area contributed by atoms with Crippen molar-refractivity contribution in [2.24, 2.45) is 11.7 Å². The van der Waals surface area contributed by atoms with Crippen molar-refractivity contribution in [2.45, 2.75) is 51.6 Å². The van der Waals surface area contributed by atoms with Crippen LogP contribution in [0.15, 0.2) is 0 Å². The number of amides is 2. The van der Waals surface area contributed by atoms with Crippen molar-refractivity contribution in [3.05, 3.63) is 0 Å². The Balaban J connectivity index is 2.51. The lowest BCUT2D eigenvalue weighted by molar-refractivity contribution is -0.130. The molecule has 1 aliphatic carbocycles. The lowest BCUT2D eigenvalue weighted by Crippen LogP contribution is -2.56. The maximum atomic E-state index is 11.9. The fourth-order valence-electron chi connectivity index (χ4n) is 2.14. The van der Waals surface area contributed by atoms with Gasteiger partial charge in [0.1, 0.15) is 0 Å². The standard InChI is InChI=1S/C13H25N3O2/c1-9(2)7-13(3,12(14)18)15-8-11(17)16(4)10-5-6-10/h9-10,15H,5-8H2,1-4H3,(H2,14,18)/t13-/m0/s1. The summed E-state index contributed by atoms with van der Waals surface area (Å²) in [6.45, 7) is 5.99. The Morgan fingerprint density at radius 3 is 2.39 bits per heavy atom. The molecular weight excluding hydrogens is 230 g/mol. The van der Waals surface area contributed by atoms with E-state index < -0.39 is 11.4 Å². The zero-order valence-corrected chi connectivity index (χ0v) is 11.8. The number of rotatable bonds is 7. The molecule has 0 aromatic heterocycles. The molecule has 1 rings (SSSR count). The summed E-state index contributed by atoms with van der Waals surface area (Å²) in [6.07, 6.45) is 2.80. The molecule has 0 bridgehead atoms. The molecule has 104 valence electrons. The Labute approximate surface area is 109 Å². The van der Waals surface area contributed by atoms with Crippen LogP contribution in [0.3, 0.4) is 0 Å². The topological polar surface area (TPSA) is 75.4 Å². The van der Waals surface area contributed by atoms with E-state index in [1.807, 2.05) is 20.9 Å². The maximum absolute atomic E-state index is 11.9. The fraction of sp³-hybridized carbons (Fsp3) is 0.846. The third-order valence-electron chi connectivity index (χ3n) is 3.48. The third-order valence-corrected chi connectivity index (χ3v) is 3.48. The molecule has 0 aliphatic heterocycles. The van der Waals surface area contributed by atoms with Gasteiger partial charge in [-0.15, -0.1) is 0 Å². The predicted molar refractivity (Wildman–Crippen MR) is 70.8 cm³/mol. The fourth-order valence-corrected chi connectivity index (χ4v) is 2.14. The molecule has 18 heavy (non-hydrogen) atoms. The summed E-state index contributed by atoms with van der Waals surface area (Å²) in [6, 6.07) is 0.393. The summed E-state index contributed by atoms with van der Waals surface area (Å²) < 4.78 is 0. The van der Waals surface area contributed by atoms with E-state index in [-0.39, 0.29) is 12.5 Å². The van der Waals surface area contributed by atoms with E-state index in [1.165, 1.54) is 0 Å². The van der Waals surface area contributed by atoms with Gasteiger partial charge in [0.05, 0.1) is 12.1 Å². The lowest BCUT2D eigenvalue weighted by Gasteiger charge is -2.30. The first-order valence-corrected chi connectivity index (χ1v) is 6.57. The van der Waals surface area contributed by atoms with Crippen LogP contribution in [0.2, 0.25) is 0 Å². The number of nitrogens with two attached hydrogens (primary N) is 1. The lowest BCUT2D eigenvalue weighted by atomic mass is 9.90. The summed E-state index contributed by atoms with van der Waals surface area (Å²) in [7, 11) is 1.81.